The maximum absolute atomic E-state index is 13.9. The van der Waals surface area contributed by atoms with Crippen LogP contribution in [0.5, 0.6) is 0 Å². The number of fused-ring (bicyclic) bond motifs is 2. The van der Waals surface area contributed by atoms with Crippen molar-refractivity contribution in [2.24, 2.45) is 17.8 Å². The van der Waals surface area contributed by atoms with Gasteiger partial charge in [-0.05, 0) is 73.3 Å². The summed E-state index contributed by atoms with van der Waals surface area (Å²) in [7, 11) is 0. The lowest BCUT2D eigenvalue weighted by atomic mass is 9.88. The van der Waals surface area contributed by atoms with Crippen LogP contribution >= 0.6 is 11.8 Å². The summed E-state index contributed by atoms with van der Waals surface area (Å²) in [5, 5.41) is 9.89. The quantitative estimate of drug-likeness (QED) is 0.300. The number of thioether (sulfide) groups is 1. The molecule has 0 spiro atoms. The van der Waals surface area contributed by atoms with Gasteiger partial charge in [-0.15, -0.1) is 11.8 Å². The van der Waals surface area contributed by atoms with Crippen molar-refractivity contribution in [3.8, 4) is 0 Å². The minimum atomic E-state index is -1.36. The first-order chi connectivity index (χ1) is 14.9. The van der Waals surface area contributed by atoms with E-state index in [-0.39, 0.29) is 12.0 Å². The lowest BCUT2D eigenvalue weighted by molar-refractivity contribution is 0.118. The zero-order valence-electron chi connectivity index (χ0n) is 17.2. The molecule has 0 saturated heterocycles. The van der Waals surface area contributed by atoms with E-state index in [1.165, 1.54) is 37.4 Å². The molecule has 4 rings (SSSR count). The van der Waals surface area contributed by atoms with Crippen molar-refractivity contribution >= 4 is 17.9 Å². The first-order valence-corrected chi connectivity index (χ1v) is 11.7. The predicted octanol–water partition coefficient (Wildman–Crippen LogP) is 5.94. The number of halogens is 3. The number of ether oxygens (including phenoxy) is 1. The van der Waals surface area contributed by atoms with Gasteiger partial charge < -0.3 is 14.7 Å². The Morgan fingerprint density at radius 2 is 1.97 bits per heavy atom. The van der Waals surface area contributed by atoms with Crippen LogP contribution in [0.3, 0.4) is 0 Å². The molecule has 1 N–H and O–H groups in total. The van der Waals surface area contributed by atoms with Gasteiger partial charge in [0.05, 0.1) is 0 Å². The van der Waals surface area contributed by atoms with Crippen molar-refractivity contribution in [2.45, 2.75) is 38.5 Å². The van der Waals surface area contributed by atoms with Gasteiger partial charge in [-0.2, -0.15) is 0 Å². The Labute approximate surface area is 184 Å². The van der Waals surface area contributed by atoms with Gasteiger partial charge in [-0.25, -0.2) is 18.0 Å². The molecule has 2 bridgehead atoms. The summed E-state index contributed by atoms with van der Waals surface area (Å²) in [6.07, 6.45) is 8.17. The summed E-state index contributed by atoms with van der Waals surface area (Å²) in [4.78, 5) is 13.3. The molecule has 1 heterocycles. The molecule has 0 aromatic heterocycles. The molecule has 8 heteroatoms. The Kier molecular flexibility index (Phi) is 6.84. The number of benzene rings is 1. The number of aryl methyl sites for hydroxylation is 1. The maximum Gasteiger partial charge on any atom is 0.511 e. The molecule has 168 valence electrons. The van der Waals surface area contributed by atoms with Crippen LogP contribution in [0.2, 0.25) is 0 Å². The second-order valence-electron chi connectivity index (χ2n) is 8.59. The van der Waals surface area contributed by atoms with E-state index in [2.05, 4.69) is 4.90 Å². The molecule has 3 aliphatic rings. The molecule has 4 nitrogen and oxygen atoms in total. The fourth-order valence-electron chi connectivity index (χ4n) is 5.16. The third-order valence-corrected chi connectivity index (χ3v) is 7.77. The highest BCUT2D eigenvalue weighted by Gasteiger charge is 2.40. The third kappa shape index (κ3) is 5.22. The number of carboxylic acid groups (broad SMARTS) is 1. The van der Waals surface area contributed by atoms with Gasteiger partial charge in [-0.3, -0.25) is 0 Å². The van der Waals surface area contributed by atoms with Crippen LogP contribution in [-0.4, -0.2) is 35.0 Å². The van der Waals surface area contributed by atoms with Crippen molar-refractivity contribution in [3.63, 3.8) is 0 Å². The molecule has 0 radical (unpaired) electrons. The molecule has 2 aliphatic carbocycles. The molecule has 0 amide bonds. The maximum atomic E-state index is 13.9. The number of carbonyl (C=O) groups is 1. The van der Waals surface area contributed by atoms with Crippen LogP contribution in [-0.2, 0) is 11.2 Å². The van der Waals surface area contributed by atoms with E-state index in [0.29, 0.717) is 36.5 Å². The molecule has 1 aliphatic heterocycles. The predicted molar refractivity (Wildman–Crippen MR) is 113 cm³/mol. The van der Waals surface area contributed by atoms with Crippen LogP contribution < -0.4 is 0 Å². The highest BCUT2D eigenvalue weighted by Crippen LogP contribution is 2.49. The first-order valence-electron chi connectivity index (χ1n) is 10.7. The SMILES string of the molecule is O=C(O)OC1=C(SCCCc2cc(F)c(F)cc2F)N(CC2CC3CCC2C3)CC=C1. The Bertz CT molecular complexity index is 904. The van der Waals surface area contributed by atoms with Gasteiger partial charge >= 0.3 is 6.16 Å². The monoisotopic (exact) mass is 453 g/mol. The summed E-state index contributed by atoms with van der Waals surface area (Å²) in [6, 6.07) is 1.47. The molecular formula is C23H26F3NO3S. The van der Waals surface area contributed by atoms with Gasteiger partial charge in [0.2, 0.25) is 0 Å². The van der Waals surface area contributed by atoms with E-state index in [4.69, 9.17) is 9.84 Å². The Hall–Kier alpha value is -2.09. The number of hydrogen-bond donors (Lipinski definition) is 1. The number of hydrogen-bond acceptors (Lipinski definition) is 4. The standard InChI is InChI=1S/C23H26F3NO3S/c24-18-12-20(26)19(25)11-16(18)3-2-8-31-22-21(30-23(28)29)4-1-7-27(22)13-17-10-14-5-6-15(17)9-14/h1,4,11-12,14-15,17H,2-3,5-10,13H2,(H,28,29). The van der Waals surface area contributed by atoms with Crippen LogP contribution in [0.4, 0.5) is 18.0 Å². The van der Waals surface area contributed by atoms with Gasteiger partial charge in [0.15, 0.2) is 17.4 Å². The lowest BCUT2D eigenvalue weighted by Crippen LogP contribution is -2.33. The molecule has 31 heavy (non-hydrogen) atoms. The van der Waals surface area contributed by atoms with E-state index in [0.717, 1.165) is 29.5 Å². The minimum absolute atomic E-state index is 0.137. The second kappa shape index (κ2) is 9.59. The number of allylic oxidation sites excluding steroid dienone is 1. The topological polar surface area (TPSA) is 49.8 Å². The molecule has 1 aromatic carbocycles. The summed E-state index contributed by atoms with van der Waals surface area (Å²) < 4.78 is 45.4. The van der Waals surface area contributed by atoms with Crippen molar-refractivity contribution < 1.29 is 27.8 Å². The van der Waals surface area contributed by atoms with E-state index >= 15 is 0 Å². The van der Waals surface area contributed by atoms with E-state index < -0.39 is 23.6 Å². The summed E-state index contributed by atoms with van der Waals surface area (Å²) in [6.45, 7) is 1.57. The summed E-state index contributed by atoms with van der Waals surface area (Å²) in [5.74, 6) is 0.0745. The minimum Gasteiger partial charge on any atom is -0.449 e. The van der Waals surface area contributed by atoms with Gasteiger partial charge in [0.25, 0.3) is 0 Å². The second-order valence-corrected chi connectivity index (χ2v) is 9.67. The highest BCUT2D eigenvalue weighted by atomic mass is 32.2. The molecular weight excluding hydrogens is 427 g/mol. The van der Waals surface area contributed by atoms with Gasteiger partial charge in [0, 0.05) is 19.2 Å². The Balaban J connectivity index is 1.40. The normalized spacial score (nSPS) is 24.9. The first kappa shape index (κ1) is 22.1. The average molecular weight is 454 g/mol. The van der Waals surface area contributed by atoms with Crippen LogP contribution in [0, 0.1) is 35.2 Å². The van der Waals surface area contributed by atoms with Gasteiger partial charge in [-0.1, -0.05) is 12.5 Å². The summed E-state index contributed by atoms with van der Waals surface area (Å²) >= 11 is 1.47. The molecule has 3 unspecified atom stereocenters. The smallest absolute Gasteiger partial charge is 0.449 e. The third-order valence-electron chi connectivity index (χ3n) is 6.55. The largest absolute Gasteiger partial charge is 0.511 e. The lowest BCUT2D eigenvalue weighted by Gasteiger charge is -2.34. The fraction of sp³-hybridized carbons (Fsp3) is 0.522. The molecule has 2 saturated carbocycles. The van der Waals surface area contributed by atoms with E-state index in [9.17, 15) is 18.0 Å². The van der Waals surface area contributed by atoms with Crippen molar-refractivity contribution in [2.75, 3.05) is 18.8 Å². The van der Waals surface area contributed by atoms with Crippen LogP contribution in [0.1, 0.15) is 37.7 Å². The Morgan fingerprint density at radius 1 is 1.16 bits per heavy atom. The fourth-order valence-corrected chi connectivity index (χ4v) is 6.22. The summed E-state index contributed by atoms with van der Waals surface area (Å²) in [5.41, 5.74) is 0.137. The van der Waals surface area contributed by atoms with Crippen molar-refractivity contribution in [1.29, 1.82) is 0 Å². The van der Waals surface area contributed by atoms with Gasteiger partial charge in [0.1, 0.15) is 10.8 Å². The Morgan fingerprint density at radius 3 is 2.68 bits per heavy atom. The number of rotatable bonds is 8. The van der Waals surface area contributed by atoms with Crippen LogP contribution in [0.25, 0.3) is 0 Å². The van der Waals surface area contributed by atoms with E-state index in [1.807, 2.05) is 6.08 Å². The average Bonchev–Trinajstić information content (AvgIpc) is 3.33. The van der Waals surface area contributed by atoms with Crippen molar-refractivity contribution in [3.05, 3.63) is 58.1 Å². The molecule has 1 aromatic rings. The van der Waals surface area contributed by atoms with Crippen LogP contribution in [0.15, 0.2) is 35.1 Å². The molecule has 2 fully saturated rings. The van der Waals surface area contributed by atoms with Crippen molar-refractivity contribution in [1.82, 2.24) is 4.90 Å². The van der Waals surface area contributed by atoms with E-state index in [1.54, 1.807) is 6.08 Å². The number of nitrogens with zero attached hydrogens (tertiary/aromatic N) is 1. The molecule has 3 atom stereocenters. The zero-order chi connectivity index (χ0) is 22.0. The zero-order valence-corrected chi connectivity index (χ0v) is 18.0. The highest BCUT2D eigenvalue weighted by molar-refractivity contribution is 8.03.